The summed E-state index contributed by atoms with van der Waals surface area (Å²) >= 11 is 0. The number of nitrogens with two attached hydrogens (primary N) is 1. The summed E-state index contributed by atoms with van der Waals surface area (Å²) in [5, 5.41) is 0. The van der Waals surface area contributed by atoms with Gasteiger partial charge in [-0.3, -0.25) is 4.98 Å². The molecule has 4 nitrogen and oxygen atoms in total. The van der Waals surface area contributed by atoms with E-state index < -0.39 is 0 Å². The number of rotatable bonds is 3. The van der Waals surface area contributed by atoms with Crippen LogP contribution in [0.25, 0.3) is 0 Å². The molecule has 0 bridgehead atoms. The number of carbonyl (C=O) groups excluding carboxylic acids is 1. The molecule has 1 aromatic rings. The number of nitrogens with zero attached hydrogens (tertiary/aromatic N) is 1. The van der Waals surface area contributed by atoms with E-state index in [9.17, 15) is 4.79 Å². The number of carbonyl (C=O) groups is 1. The fourth-order valence-electron chi connectivity index (χ4n) is 0.998. The molecule has 1 rings (SSSR count). The topological polar surface area (TPSA) is 65.2 Å². The largest absolute Gasteiger partial charge is 0.462 e. The van der Waals surface area contributed by atoms with Crippen LogP contribution in [0.3, 0.4) is 0 Å². The van der Waals surface area contributed by atoms with Gasteiger partial charge in [-0.15, -0.1) is 0 Å². The third-order valence-corrected chi connectivity index (χ3v) is 1.62. The SMILES string of the molecule is CCOC(=O)c1ccncc1CN. The molecule has 1 heterocycles. The van der Waals surface area contributed by atoms with E-state index in [4.69, 9.17) is 10.5 Å². The van der Waals surface area contributed by atoms with Gasteiger partial charge in [-0.1, -0.05) is 0 Å². The zero-order valence-corrected chi connectivity index (χ0v) is 7.49. The van der Waals surface area contributed by atoms with Crippen molar-refractivity contribution >= 4 is 5.97 Å². The van der Waals surface area contributed by atoms with Crippen molar-refractivity contribution in [1.82, 2.24) is 4.98 Å². The highest BCUT2D eigenvalue weighted by Gasteiger charge is 2.10. The van der Waals surface area contributed by atoms with Gasteiger partial charge in [0.05, 0.1) is 12.2 Å². The zero-order valence-electron chi connectivity index (χ0n) is 7.49. The van der Waals surface area contributed by atoms with Gasteiger partial charge in [0.15, 0.2) is 0 Å². The minimum atomic E-state index is -0.342. The number of hydrogen-bond donors (Lipinski definition) is 1. The first kappa shape index (κ1) is 9.67. The molecule has 13 heavy (non-hydrogen) atoms. The monoisotopic (exact) mass is 180 g/mol. The number of pyridine rings is 1. The molecule has 0 fully saturated rings. The van der Waals surface area contributed by atoms with Crippen molar-refractivity contribution in [3.8, 4) is 0 Å². The van der Waals surface area contributed by atoms with Crippen LogP contribution in [0.1, 0.15) is 22.8 Å². The van der Waals surface area contributed by atoms with E-state index in [-0.39, 0.29) is 5.97 Å². The molecule has 0 radical (unpaired) electrons. The molecule has 70 valence electrons. The van der Waals surface area contributed by atoms with E-state index in [1.807, 2.05) is 0 Å². The van der Waals surface area contributed by atoms with Gasteiger partial charge >= 0.3 is 5.97 Å². The van der Waals surface area contributed by atoms with Gasteiger partial charge in [0, 0.05) is 18.9 Å². The molecule has 0 aliphatic heterocycles. The Bertz CT molecular complexity index is 299. The molecule has 0 saturated heterocycles. The first-order chi connectivity index (χ1) is 6.29. The third-order valence-electron chi connectivity index (χ3n) is 1.62. The van der Waals surface area contributed by atoms with Crippen LogP contribution in [0.4, 0.5) is 0 Å². The maximum atomic E-state index is 11.3. The molecule has 0 unspecified atom stereocenters. The Morgan fingerprint density at radius 2 is 2.46 bits per heavy atom. The quantitative estimate of drug-likeness (QED) is 0.696. The lowest BCUT2D eigenvalue weighted by molar-refractivity contribution is 0.0525. The predicted octanol–water partition coefficient (Wildman–Crippen LogP) is 0.717. The van der Waals surface area contributed by atoms with Crippen LogP contribution in [0, 0.1) is 0 Å². The molecule has 4 heteroatoms. The zero-order chi connectivity index (χ0) is 9.68. The molecule has 0 spiro atoms. The fraction of sp³-hybridized carbons (Fsp3) is 0.333. The fourth-order valence-corrected chi connectivity index (χ4v) is 0.998. The Morgan fingerprint density at radius 1 is 1.69 bits per heavy atom. The summed E-state index contributed by atoms with van der Waals surface area (Å²) in [5.41, 5.74) is 6.65. The van der Waals surface area contributed by atoms with Crippen molar-refractivity contribution in [3.63, 3.8) is 0 Å². The van der Waals surface area contributed by atoms with Gasteiger partial charge in [0.1, 0.15) is 0 Å². The Morgan fingerprint density at radius 3 is 3.08 bits per heavy atom. The Hall–Kier alpha value is -1.42. The smallest absolute Gasteiger partial charge is 0.338 e. The van der Waals surface area contributed by atoms with Crippen LogP contribution in [-0.4, -0.2) is 17.6 Å². The summed E-state index contributed by atoms with van der Waals surface area (Å²) in [7, 11) is 0. The summed E-state index contributed by atoms with van der Waals surface area (Å²) in [6, 6.07) is 1.61. The normalized spacial score (nSPS) is 9.69. The third kappa shape index (κ3) is 2.26. The van der Waals surface area contributed by atoms with Crippen molar-refractivity contribution < 1.29 is 9.53 Å². The minimum absolute atomic E-state index is 0.294. The maximum Gasteiger partial charge on any atom is 0.338 e. The number of hydrogen-bond acceptors (Lipinski definition) is 4. The van der Waals surface area contributed by atoms with Crippen molar-refractivity contribution in [1.29, 1.82) is 0 Å². The van der Waals surface area contributed by atoms with Crippen molar-refractivity contribution in [2.24, 2.45) is 5.73 Å². The van der Waals surface area contributed by atoms with Crippen molar-refractivity contribution in [2.45, 2.75) is 13.5 Å². The molecule has 0 amide bonds. The van der Waals surface area contributed by atoms with Gasteiger partial charge in [-0.2, -0.15) is 0 Å². The molecule has 0 saturated carbocycles. The van der Waals surface area contributed by atoms with Gasteiger partial charge in [-0.25, -0.2) is 4.79 Å². The highest BCUT2D eigenvalue weighted by Crippen LogP contribution is 2.07. The van der Waals surface area contributed by atoms with E-state index in [1.54, 1.807) is 25.4 Å². The van der Waals surface area contributed by atoms with Crippen molar-refractivity contribution in [3.05, 3.63) is 29.6 Å². The molecule has 1 aromatic heterocycles. The Balaban J connectivity index is 2.92. The van der Waals surface area contributed by atoms with Crippen LogP contribution < -0.4 is 5.73 Å². The molecule has 2 N–H and O–H groups in total. The molecule has 0 aliphatic rings. The molecule has 0 aliphatic carbocycles. The highest BCUT2D eigenvalue weighted by molar-refractivity contribution is 5.90. The Labute approximate surface area is 76.7 Å². The first-order valence-corrected chi connectivity index (χ1v) is 4.09. The van der Waals surface area contributed by atoms with Crippen LogP contribution in [0.2, 0.25) is 0 Å². The molecule has 0 atom stereocenters. The van der Waals surface area contributed by atoms with Gasteiger partial charge in [-0.05, 0) is 18.6 Å². The van der Waals surface area contributed by atoms with Crippen LogP contribution >= 0.6 is 0 Å². The second kappa shape index (κ2) is 4.57. The van der Waals surface area contributed by atoms with E-state index in [0.717, 1.165) is 0 Å². The number of esters is 1. The van der Waals surface area contributed by atoms with E-state index in [1.165, 1.54) is 0 Å². The average molecular weight is 180 g/mol. The summed E-state index contributed by atoms with van der Waals surface area (Å²) in [5.74, 6) is -0.342. The van der Waals surface area contributed by atoms with Crippen LogP contribution in [-0.2, 0) is 11.3 Å². The highest BCUT2D eigenvalue weighted by atomic mass is 16.5. The predicted molar refractivity (Wildman–Crippen MR) is 48.1 cm³/mol. The second-order valence-corrected chi connectivity index (χ2v) is 2.46. The standard InChI is InChI=1S/C9H12N2O2/c1-2-13-9(12)8-3-4-11-6-7(8)5-10/h3-4,6H,2,5,10H2,1H3. The number of ether oxygens (including phenoxy) is 1. The summed E-state index contributed by atoms with van der Waals surface area (Å²) < 4.78 is 4.85. The maximum absolute atomic E-state index is 11.3. The summed E-state index contributed by atoms with van der Waals surface area (Å²) in [6.45, 7) is 2.42. The van der Waals surface area contributed by atoms with Crippen LogP contribution in [0.5, 0.6) is 0 Å². The van der Waals surface area contributed by atoms with Gasteiger partial charge in [0.25, 0.3) is 0 Å². The second-order valence-electron chi connectivity index (χ2n) is 2.46. The van der Waals surface area contributed by atoms with Crippen molar-refractivity contribution in [2.75, 3.05) is 6.61 Å². The Kier molecular flexibility index (Phi) is 3.40. The summed E-state index contributed by atoms with van der Waals surface area (Å²) in [6.07, 6.45) is 3.12. The molecule has 0 aromatic carbocycles. The minimum Gasteiger partial charge on any atom is -0.462 e. The molecular weight excluding hydrogens is 168 g/mol. The summed E-state index contributed by atoms with van der Waals surface area (Å²) in [4.78, 5) is 15.2. The lowest BCUT2D eigenvalue weighted by atomic mass is 10.1. The van der Waals surface area contributed by atoms with E-state index >= 15 is 0 Å². The molecular formula is C9H12N2O2. The van der Waals surface area contributed by atoms with Gasteiger partial charge < -0.3 is 10.5 Å². The average Bonchev–Trinajstić information content (AvgIpc) is 2.18. The number of aromatic nitrogens is 1. The van der Waals surface area contributed by atoms with E-state index in [0.29, 0.717) is 24.3 Å². The van der Waals surface area contributed by atoms with Crippen LogP contribution in [0.15, 0.2) is 18.5 Å². The van der Waals surface area contributed by atoms with Gasteiger partial charge in [0.2, 0.25) is 0 Å². The lowest BCUT2D eigenvalue weighted by Gasteiger charge is -2.05. The lowest BCUT2D eigenvalue weighted by Crippen LogP contribution is -2.10. The first-order valence-electron chi connectivity index (χ1n) is 4.09. The van der Waals surface area contributed by atoms with E-state index in [2.05, 4.69) is 4.98 Å².